The van der Waals surface area contributed by atoms with Crippen molar-refractivity contribution in [3.05, 3.63) is 35.0 Å². The summed E-state index contributed by atoms with van der Waals surface area (Å²) in [4.78, 5) is 10.8. The van der Waals surface area contributed by atoms with Crippen molar-refractivity contribution in [3.63, 3.8) is 0 Å². The van der Waals surface area contributed by atoms with Gasteiger partial charge in [0.2, 0.25) is 0 Å². The van der Waals surface area contributed by atoms with Crippen molar-refractivity contribution in [2.45, 2.75) is 26.3 Å². The molecule has 0 amide bonds. The molecule has 3 N–H and O–H groups in total. The lowest BCUT2D eigenvalue weighted by molar-refractivity contribution is -0.138. The molecule has 0 spiro atoms. The van der Waals surface area contributed by atoms with E-state index in [-0.39, 0.29) is 6.42 Å². The number of hydrogen-bond acceptors (Lipinski definition) is 2. The van der Waals surface area contributed by atoms with Gasteiger partial charge in [0.05, 0.1) is 5.02 Å². The van der Waals surface area contributed by atoms with E-state index in [0.29, 0.717) is 5.02 Å². The maximum absolute atomic E-state index is 10.8. The quantitative estimate of drug-likeness (QED) is 0.909. The Morgan fingerprint density at radius 3 is 2.68 bits per heavy atom. The van der Waals surface area contributed by atoms with Crippen molar-refractivity contribution in [2.75, 3.05) is 0 Å². The van der Waals surface area contributed by atoms with E-state index >= 15 is 0 Å². The van der Waals surface area contributed by atoms with Gasteiger partial charge in [0.25, 0.3) is 0 Å². The van der Waals surface area contributed by atoms with Gasteiger partial charge >= 0.3 is 5.97 Å². The molecule has 19 heavy (non-hydrogen) atoms. The molecule has 0 bridgehead atoms. The number of fused-ring (bicyclic) bond motifs is 1. The number of hydrogen-bond donors (Lipinski definition) is 2. The number of halogens is 1. The summed E-state index contributed by atoms with van der Waals surface area (Å²) in [7, 11) is 1.90. The molecule has 0 radical (unpaired) electrons. The molecular formula is C14H19ClN2O2. The summed E-state index contributed by atoms with van der Waals surface area (Å²) >= 11 is 6.14. The molecule has 2 aromatic rings. The van der Waals surface area contributed by atoms with Gasteiger partial charge in [-0.2, -0.15) is 0 Å². The molecule has 2 rings (SSSR count). The first kappa shape index (κ1) is 15.5. The largest absolute Gasteiger partial charge is 0.480 e. The van der Waals surface area contributed by atoms with E-state index < -0.39 is 12.0 Å². The third kappa shape index (κ3) is 3.28. The lowest BCUT2D eigenvalue weighted by Gasteiger charge is -2.05. The molecule has 0 aliphatic rings. The topological polar surface area (TPSA) is 68.2 Å². The minimum Gasteiger partial charge on any atom is -0.480 e. The first-order valence-electron chi connectivity index (χ1n) is 6.21. The highest BCUT2D eigenvalue weighted by Gasteiger charge is 2.17. The Bertz CT molecular complexity index is 578. The Balaban J connectivity index is 0.000000861. The average Bonchev–Trinajstić information content (AvgIpc) is 2.70. The fraction of sp³-hybridized carbons (Fsp3) is 0.357. The zero-order valence-corrected chi connectivity index (χ0v) is 12.1. The third-order valence-corrected chi connectivity index (χ3v) is 3.11. The number of aliphatic carboxylic acids is 1. The third-order valence-electron chi connectivity index (χ3n) is 2.80. The van der Waals surface area contributed by atoms with E-state index in [1.165, 1.54) is 0 Å². The first-order chi connectivity index (χ1) is 9.00. The number of rotatable bonds is 3. The van der Waals surface area contributed by atoms with Crippen LogP contribution >= 0.6 is 11.6 Å². The number of nitrogens with two attached hydrogens (primary N) is 1. The van der Waals surface area contributed by atoms with Gasteiger partial charge < -0.3 is 15.4 Å². The summed E-state index contributed by atoms with van der Waals surface area (Å²) < 4.78 is 1.92. The maximum Gasteiger partial charge on any atom is 0.320 e. The second-order valence-corrected chi connectivity index (χ2v) is 4.46. The van der Waals surface area contributed by atoms with Crippen LogP contribution in [-0.2, 0) is 18.3 Å². The van der Waals surface area contributed by atoms with Gasteiger partial charge in [-0.25, -0.2) is 0 Å². The second kappa shape index (κ2) is 6.59. The zero-order chi connectivity index (χ0) is 14.6. The molecule has 1 atom stereocenters. The molecule has 0 saturated heterocycles. The summed E-state index contributed by atoms with van der Waals surface area (Å²) in [6.45, 7) is 4.00. The van der Waals surface area contributed by atoms with Crippen molar-refractivity contribution in [3.8, 4) is 0 Å². The van der Waals surface area contributed by atoms with E-state index in [4.69, 9.17) is 22.4 Å². The molecule has 4 nitrogen and oxygen atoms in total. The van der Waals surface area contributed by atoms with Crippen LogP contribution in [0.3, 0.4) is 0 Å². The standard InChI is InChI=1S/C12H13ClN2O2.C2H6/c1-15-6-7(5-9(14)12(16)17)11-8(13)3-2-4-10(11)15;1-2/h2-4,6,9H,5,14H2,1H3,(H,16,17);1-2H3. The van der Waals surface area contributed by atoms with Crippen molar-refractivity contribution in [1.29, 1.82) is 0 Å². The molecule has 1 aromatic heterocycles. The van der Waals surface area contributed by atoms with E-state index in [2.05, 4.69) is 0 Å². The molecule has 0 aliphatic carbocycles. The molecule has 1 unspecified atom stereocenters. The van der Waals surface area contributed by atoms with Gasteiger partial charge in [0, 0.05) is 30.6 Å². The van der Waals surface area contributed by atoms with E-state index in [9.17, 15) is 4.79 Å². The van der Waals surface area contributed by atoms with Crippen LogP contribution in [-0.4, -0.2) is 21.7 Å². The van der Waals surface area contributed by atoms with Gasteiger partial charge in [-0.05, 0) is 17.7 Å². The molecular weight excluding hydrogens is 264 g/mol. The molecule has 0 aliphatic heterocycles. The summed E-state index contributed by atoms with van der Waals surface area (Å²) in [6, 6.07) is 4.69. The van der Waals surface area contributed by atoms with Gasteiger partial charge in [0.15, 0.2) is 0 Å². The van der Waals surface area contributed by atoms with Crippen LogP contribution in [0.25, 0.3) is 10.9 Å². The summed E-state index contributed by atoms with van der Waals surface area (Å²) in [5, 5.41) is 10.3. The lowest BCUT2D eigenvalue weighted by atomic mass is 10.1. The highest BCUT2D eigenvalue weighted by molar-refractivity contribution is 6.35. The van der Waals surface area contributed by atoms with Crippen molar-refractivity contribution in [1.82, 2.24) is 4.57 Å². The van der Waals surface area contributed by atoms with Gasteiger partial charge in [-0.3, -0.25) is 4.79 Å². The fourth-order valence-electron chi connectivity index (χ4n) is 1.97. The zero-order valence-electron chi connectivity index (χ0n) is 11.4. The minimum absolute atomic E-state index is 0.274. The monoisotopic (exact) mass is 282 g/mol. The lowest BCUT2D eigenvalue weighted by Crippen LogP contribution is -2.32. The van der Waals surface area contributed by atoms with Gasteiger partial charge in [-0.15, -0.1) is 0 Å². The molecule has 1 heterocycles. The Kier molecular flexibility index (Phi) is 5.39. The van der Waals surface area contributed by atoms with Crippen LogP contribution in [0.4, 0.5) is 0 Å². The maximum atomic E-state index is 10.8. The van der Waals surface area contributed by atoms with Crippen LogP contribution < -0.4 is 5.73 Å². The second-order valence-electron chi connectivity index (χ2n) is 4.05. The summed E-state index contributed by atoms with van der Waals surface area (Å²) in [5.74, 6) is -1.01. The van der Waals surface area contributed by atoms with Crippen molar-refractivity contribution in [2.24, 2.45) is 12.8 Å². The SMILES string of the molecule is CC.Cn1cc(CC(N)C(=O)O)c2c(Cl)cccc21. The summed E-state index contributed by atoms with van der Waals surface area (Å²) in [5.41, 5.74) is 7.39. The number of benzene rings is 1. The number of aryl methyl sites for hydroxylation is 1. The van der Waals surface area contributed by atoms with Crippen LogP contribution in [0.1, 0.15) is 19.4 Å². The highest BCUT2D eigenvalue weighted by Crippen LogP contribution is 2.28. The van der Waals surface area contributed by atoms with Crippen LogP contribution in [0.2, 0.25) is 5.02 Å². The predicted octanol–water partition coefficient (Wildman–Crippen LogP) is 2.81. The minimum atomic E-state index is -1.01. The van der Waals surface area contributed by atoms with E-state index in [0.717, 1.165) is 16.5 Å². The number of nitrogens with zero attached hydrogens (tertiary/aromatic N) is 1. The van der Waals surface area contributed by atoms with E-state index in [1.807, 2.05) is 43.8 Å². The number of aromatic nitrogens is 1. The molecule has 104 valence electrons. The average molecular weight is 283 g/mol. The Hall–Kier alpha value is -1.52. The molecule has 1 aromatic carbocycles. The van der Waals surface area contributed by atoms with Crippen LogP contribution in [0.15, 0.2) is 24.4 Å². The normalized spacial score (nSPS) is 11.8. The van der Waals surface area contributed by atoms with Gasteiger partial charge in [-0.1, -0.05) is 31.5 Å². The number of carbonyl (C=O) groups is 1. The van der Waals surface area contributed by atoms with Crippen LogP contribution in [0.5, 0.6) is 0 Å². The Morgan fingerprint density at radius 2 is 2.11 bits per heavy atom. The number of carboxylic acid groups (broad SMARTS) is 1. The predicted molar refractivity (Wildman–Crippen MR) is 78.6 cm³/mol. The highest BCUT2D eigenvalue weighted by atomic mass is 35.5. The smallest absolute Gasteiger partial charge is 0.320 e. The molecule has 0 saturated carbocycles. The summed E-state index contributed by atoms with van der Waals surface area (Å²) in [6.07, 6.45) is 2.15. The fourth-order valence-corrected chi connectivity index (χ4v) is 2.26. The van der Waals surface area contributed by atoms with Gasteiger partial charge in [0.1, 0.15) is 6.04 Å². The van der Waals surface area contributed by atoms with E-state index in [1.54, 1.807) is 6.07 Å². The Morgan fingerprint density at radius 1 is 1.47 bits per heavy atom. The van der Waals surface area contributed by atoms with Crippen LogP contribution in [0, 0.1) is 0 Å². The van der Waals surface area contributed by atoms with Crippen molar-refractivity contribution >= 4 is 28.5 Å². The Labute approximate surface area is 117 Å². The number of carboxylic acids is 1. The molecule has 0 fully saturated rings. The molecule has 5 heteroatoms. The van der Waals surface area contributed by atoms with Crippen molar-refractivity contribution < 1.29 is 9.90 Å². The first-order valence-corrected chi connectivity index (χ1v) is 6.59.